The Morgan fingerprint density at radius 1 is 1.17 bits per heavy atom. The molecule has 0 spiro atoms. The van der Waals surface area contributed by atoms with Gasteiger partial charge in [0.25, 0.3) is 5.56 Å². The van der Waals surface area contributed by atoms with Gasteiger partial charge in [0.05, 0.1) is 28.2 Å². The first kappa shape index (κ1) is 19.9. The molecule has 0 fully saturated rings. The van der Waals surface area contributed by atoms with Gasteiger partial charge in [-0.15, -0.1) is 0 Å². The second kappa shape index (κ2) is 7.47. The van der Waals surface area contributed by atoms with Crippen LogP contribution in [0.1, 0.15) is 24.4 Å². The molecule has 0 saturated carbocycles. The van der Waals surface area contributed by atoms with E-state index in [0.717, 1.165) is 5.56 Å². The number of aryl methyl sites for hydroxylation is 1. The largest absolute Gasteiger partial charge is 0.382 e. The third-order valence-corrected chi connectivity index (χ3v) is 5.25. The topological polar surface area (TPSA) is 153 Å². The van der Waals surface area contributed by atoms with E-state index in [2.05, 4.69) is 25.5 Å². The van der Waals surface area contributed by atoms with Gasteiger partial charge in [-0.1, -0.05) is 29.3 Å². The Balaban J connectivity index is 1.95. The molecular formula is C18H17Cl2N9O. The van der Waals surface area contributed by atoms with Crippen LogP contribution in [0.3, 0.4) is 0 Å². The average molecular weight is 446 g/mol. The highest BCUT2D eigenvalue weighted by Gasteiger charge is 2.22. The van der Waals surface area contributed by atoms with Gasteiger partial charge in [-0.05, 0) is 25.5 Å². The van der Waals surface area contributed by atoms with Gasteiger partial charge < -0.3 is 16.8 Å². The lowest BCUT2D eigenvalue weighted by Crippen LogP contribution is -2.28. The summed E-state index contributed by atoms with van der Waals surface area (Å²) in [7, 11) is 0. The number of fused-ring (bicyclic) bond motifs is 1. The smallest absolute Gasteiger partial charge is 0.267 e. The highest BCUT2D eigenvalue weighted by molar-refractivity contribution is 6.35. The molecule has 1 aromatic carbocycles. The van der Waals surface area contributed by atoms with Crippen LogP contribution in [0.25, 0.3) is 16.7 Å². The summed E-state index contributed by atoms with van der Waals surface area (Å²) in [5, 5.41) is 10.7. The summed E-state index contributed by atoms with van der Waals surface area (Å²) in [4.78, 5) is 26.1. The zero-order chi connectivity index (χ0) is 21.6. The second-order valence-corrected chi connectivity index (χ2v) is 7.42. The van der Waals surface area contributed by atoms with Crippen LogP contribution < -0.4 is 22.3 Å². The van der Waals surface area contributed by atoms with Gasteiger partial charge in [-0.2, -0.15) is 15.1 Å². The van der Waals surface area contributed by atoms with Crippen LogP contribution in [-0.2, 0) is 0 Å². The van der Waals surface area contributed by atoms with Crippen molar-refractivity contribution in [2.75, 3.05) is 16.8 Å². The molecular weight excluding hydrogens is 429 g/mol. The van der Waals surface area contributed by atoms with Crippen LogP contribution in [0.15, 0.2) is 29.2 Å². The highest BCUT2D eigenvalue weighted by atomic mass is 35.5. The van der Waals surface area contributed by atoms with Crippen molar-refractivity contribution in [2.24, 2.45) is 0 Å². The number of benzene rings is 1. The van der Waals surface area contributed by atoms with Crippen LogP contribution in [0.5, 0.6) is 0 Å². The number of nitrogens with zero attached hydrogens (tertiary/aromatic N) is 5. The first-order valence-electron chi connectivity index (χ1n) is 8.84. The van der Waals surface area contributed by atoms with Gasteiger partial charge >= 0.3 is 0 Å². The molecule has 0 bridgehead atoms. The summed E-state index contributed by atoms with van der Waals surface area (Å²) < 4.78 is 1.43. The number of halogens is 2. The van der Waals surface area contributed by atoms with E-state index in [9.17, 15) is 4.79 Å². The minimum atomic E-state index is -0.548. The molecule has 0 aliphatic heterocycles. The number of nitrogens with one attached hydrogen (secondary N) is 2. The Labute approximate surface area is 180 Å². The first-order valence-corrected chi connectivity index (χ1v) is 9.60. The van der Waals surface area contributed by atoms with Crippen molar-refractivity contribution in [2.45, 2.75) is 19.9 Å². The molecule has 4 aromatic rings. The molecule has 0 unspecified atom stereocenters. The van der Waals surface area contributed by atoms with Gasteiger partial charge in [0.1, 0.15) is 22.5 Å². The van der Waals surface area contributed by atoms with Crippen LogP contribution in [-0.4, -0.2) is 29.7 Å². The van der Waals surface area contributed by atoms with Crippen molar-refractivity contribution < 1.29 is 0 Å². The number of H-pyrrole nitrogens is 1. The summed E-state index contributed by atoms with van der Waals surface area (Å²) in [6, 6.07) is 4.60. The van der Waals surface area contributed by atoms with Crippen molar-refractivity contribution in [1.29, 1.82) is 0 Å². The molecule has 4 rings (SSSR count). The summed E-state index contributed by atoms with van der Waals surface area (Å²) in [5.41, 5.74) is 12.3. The Morgan fingerprint density at radius 2 is 1.93 bits per heavy atom. The lowest BCUT2D eigenvalue weighted by Gasteiger charge is -2.20. The molecule has 1 atom stereocenters. The predicted molar refractivity (Wildman–Crippen MR) is 117 cm³/mol. The maximum Gasteiger partial charge on any atom is 0.267 e. The number of anilines is 3. The molecule has 6 N–H and O–H groups in total. The summed E-state index contributed by atoms with van der Waals surface area (Å²) in [6.45, 7) is 3.61. The summed E-state index contributed by atoms with van der Waals surface area (Å²) in [6.07, 6.45) is 1.54. The molecule has 3 aromatic heterocycles. The summed E-state index contributed by atoms with van der Waals surface area (Å²) in [5.74, 6) is 1.02. The standard InChI is InChI=1S/C18H17Cl2N9O/c1-7-3-4-9(19)13-11(7)17(30)29(10-5-6-23-28-10)16(25-13)8(2)24-15-12(20)14(21)26-18(22)27-15/h3-6,8H,1-2H3,(H,23,28)(H5,21,22,24,26,27)/t8-/m0/s1. The van der Waals surface area contributed by atoms with Crippen LogP contribution in [0.2, 0.25) is 10.0 Å². The number of nitrogen functional groups attached to an aromatic ring is 2. The van der Waals surface area contributed by atoms with Crippen molar-refractivity contribution in [3.05, 3.63) is 56.2 Å². The number of aromatic nitrogens is 6. The molecule has 12 heteroatoms. The zero-order valence-electron chi connectivity index (χ0n) is 15.9. The highest BCUT2D eigenvalue weighted by Crippen LogP contribution is 2.30. The quantitative estimate of drug-likeness (QED) is 0.373. The lowest BCUT2D eigenvalue weighted by atomic mass is 10.1. The SMILES string of the molecule is Cc1ccc(Cl)c2nc([C@H](C)Nc3nc(N)nc(N)c3Cl)n(-c3ccn[nH]3)c(=O)c12. The van der Waals surface area contributed by atoms with E-state index in [0.29, 0.717) is 27.6 Å². The monoisotopic (exact) mass is 445 g/mol. The van der Waals surface area contributed by atoms with Crippen molar-refractivity contribution in [3.63, 3.8) is 0 Å². The fourth-order valence-corrected chi connectivity index (χ4v) is 3.51. The van der Waals surface area contributed by atoms with E-state index in [1.165, 1.54) is 4.57 Å². The molecule has 0 saturated heterocycles. The molecule has 154 valence electrons. The molecule has 3 heterocycles. The second-order valence-electron chi connectivity index (χ2n) is 6.64. The molecule has 0 radical (unpaired) electrons. The fraction of sp³-hybridized carbons (Fsp3) is 0.167. The van der Waals surface area contributed by atoms with E-state index >= 15 is 0 Å². The number of nitrogens with two attached hydrogens (primary N) is 2. The van der Waals surface area contributed by atoms with Gasteiger partial charge in [0, 0.05) is 6.07 Å². The van der Waals surface area contributed by atoms with Gasteiger partial charge in [0.2, 0.25) is 5.95 Å². The van der Waals surface area contributed by atoms with Gasteiger partial charge in [0.15, 0.2) is 5.82 Å². The molecule has 0 aliphatic rings. The molecule has 0 amide bonds. The van der Waals surface area contributed by atoms with Crippen LogP contribution in [0.4, 0.5) is 17.6 Å². The molecule has 30 heavy (non-hydrogen) atoms. The Morgan fingerprint density at radius 3 is 2.63 bits per heavy atom. The van der Waals surface area contributed by atoms with Crippen molar-refractivity contribution >= 4 is 51.7 Å². The Kier molecular flexibility index (Phi) is 4.96. The number of hydrogen-bond donors (Lipinski definition) is 4. The summed E-state index contributed by atoms with van der Waals surface area (Å²) >= 11 is 12.6. The van der Waals surface area contributed by atoms with E-state index < -0.39 is 6.04 Å². The molecule has 0 aliphatic carbocycles. The first-order chi connectivity index (χ1) is 14.3. The Hall–Kier alpha value is -3.37. The maximum absolute atomic E-state index is 13.4. The minimum Gasteiger partial charge on any atom is -0.382 e. The number of aromatic amines is 1. The van der Waals surface area contributed by atoms with Crippen molar-refractivity contribution in [1.82, 2.24) is 29.7 Å². The van der Waals surface area contributed by atoms with E-state index in [-0.39, 0.29) is 28.2 Å². The Bertz CT molecular complexity index is 1320. The number of rotatable bonds is 4. The maximum atomic E-state index is 13.4. The van der Waals surface area contributed by atoms with Crippen LogP contribution in [0, 0.1) is 6.92 Å². The molecule has 10 nitrogen and oxygen atoms in total. The van der Waals surface area contributed by atoms with E-state index in [1.54, 1.807) is 31.3 Å². The normalized spacial score (nSPS) is 12.3. The third kappa shape index (κ3) is 3.29. The third-order valence-electron chi connectivity index (χ3n) is 4.57. The average Bonchev–Trinajstić information content (AvgIpc) is 3.22. The zero-order valence-corrected chi connectivity index (χ0v) is 17.5. The minimum absolute atomic E-state index is 0.0370. The van der Waals surface area contributed by atoms with Gasteiger partial charge in [-0.3, -0.25) is 9.89 Å². The van der Waals surface area contributed by atoms with Crippen molar-refractivity contribution in [3.8, 4) is 5.82 Å². The van der Waals surface area contributed by atoms with E-state index in [1.807, 2.05) is 6.92 Å². The number of hydrogen-bond acceptors (Lipinski definition) is 8. The van der Waals surface area contributed by atoms with Gasteiger partial charge in [-0.25, -0.2) is 9.55 Å². The fourth-order valence-electron chi connectivity index (χ4n) is 3.17. The lowest BCUT2D eigenvalue weighted by molar-refractivity contribution is 0.719. The van der Waals surface area contributed by atoms with Crippen LogP contribution >= 0.6 is 23.2 Å². The van der Waals surface area contributed by atoms with E-state index in [4.69, 9.17) is 39.7 Å². The predicted octanol–water partition coefficient (Wildman–Crippen LogP) is 2.85.